The molecule has 1 aromatic rings. The zero-order valence-corrected chi connectivity index (χ0v) is 7.15. The number of halogens is 1. The summed E-state index contributed by atoms with van der Waals surface area (Å²) >= 11 is 0. The summed E-state index contributed by atoms with van der Waals surface area (Å²) in [6, 6.07) is 1.52. The minimum atomic E-state index is -1.41. The van der Waals surface area contributed by atoms with Crippen molar-refractivity contribution in [3.8, 4) is 0 Å². The fraction of sp³-hybridized carbons (Fsp3) is 0.125. The number of nitrogens with zero attached hydrogens (tertiary/aromatic N) is 1. The van der Waals surface area contributed by atoms with Crippen molar-refractivity contribution in [3.05, 3.63) is 29.3 Å². The van der Waals surface area contributed by atoms with Crippen LogP contribution in [0.25, 0.3) is 0 Å². The molecular formula is C8H6FNO4. The number of carboxylic acids is 1. The molecule has 0 spiro atoms. The number of carbonyl (C=O) groups is 2. The van der Waals surface area contributed by atoms with Crippen LogP contribution >= 0.6 is 0 Å². The van der Waals surface area contributed by atoms with E-state index in [1.54, 1.807) is 0 Å². The van der Waals surface area contributed by atoms with E-state index in [4.69, 9.17) is 5.11 Å². The molecule has 1 heterocycles. The fourth-order valence-electron chi connectivity index (χ4n) is 0.816. The lowest BCUT2D eigenvalue weighted by Gasteiger charge is -1.99. The molecule has 0 amide bonds. The first-order chi connectivity index (χ1) is 6.54. The van der Waals surface area contributed by atoms with Crippen molar-refractivity contribution >= 4 is 11.9 Å². The number of carboxylic acid groups (broad SMARTS) is 1. The van der Waals surface area contributed by atoms with Crippen LogP contribution in [0, 0.1) is 5.82 Å². The molecule has 0 aromatic carbocycles. The summed E-state index contributed by atoms with van der Waals surface area (Å²) < 4.78 is 17.0. The molecule has 0 atom stereocenters. The Kier molecular flexibility index (Phi) is 2.76. The van der Waals surface area contributed by atoms with Gasteiger partial charge < -0.3 is 9.84 Å². The van der Waals surface area contributed by atoms with Gasteiger partial charge in [0.2, 0.25) is 0 Å². The maximum Gasteiger partial charge on any atom is 0.356 e. The Hall–Kier alpha value is -1.98. The van der Waals surface area contributed by atoms with Crippen molar-refractivity contribution in [2.24, 2.45) is 0 Å². The van der Waals surface area contributed by atoms with Gasteiger partial charge in [-0.2, -0.15) is 0 Å². The molecular weight excluding hydrogens is 193 g/mol. The molecule has 6 heteroatoms. The average Bonchev–Trinajstić information content (AvgIpc) is 2.15. The van der Waals surface area contributed by atoms with Gasteiger partial charge in [-0.15, -0.1) is 0 Å². The Morgan fingerprint density at radius 2 is 2.00 bits per heavy atom. The van der Waals surface area contributed by atoms with Crippen molar-refractivity contribution in [1.82, 2.24) is 4.98 Å². The normalized spacial score (nSPS) is 9.57. The highest BCUT2D eigenvalue weighted by Gasteiger charge is 2.14. The number of carbonyl (C=O) groups excluding carboxylic acids is 1. The highest BCUT2D eigenvalue weighted by Crippen LogP contribution is 2.05. The molecule has 14 heavy (non-hydrogen) atoms. The van der Waals surface area contributed by atoms with Crippen LogP contribution in [0.15, 0.2) is 12.1 Å². The molecule has 0 aliphatic rings. The summed E-state index contributed by atoms with van der Waals surface area (Å²) in [4.78, 5) is 24.7. The summed E-state index contributed by atoms with van der Waals surface area (Å²) in [5.41, 5.74) is -0.907. The second-order valence-electron chi connectivity index (χ2n) is 2.35. The van der Waals surface area contributed by atoms with Gasteiger partial charge in [-0.1, -0.05) is 0 Å². The van der Waals surface area contributed by atoms with E-state index < -0.39 is 23.4 Å². The minimum absolute atomic E-state index is 0.370. The molecule has 0 unspecified atom stereocenters. The summed E-state index contributed by atoms with van der Waals surface area (Å²) in [5, 5.41) is 8.51. The van der Waals surface area contributed by atoms with Gasteiger partial charge in [0, 0.05) is 12.1 Å². The van der Waals surface area contributed by atoms with Crippen LogP contribution < -0.4 is 0 Å². The molecule has 0 aliphatic heterocycles. The number of pyridine rings is 1. The van der Waals surface area contributed by atoms with Crippen LogP contribution in [-0.4, -0.2) is 29.1 Å². The van der Waals surface area contributed by atoms with E-state index in [2.05, 4.69) is 9.72 Å². The number of aromatic carboxylic acids is 1. The Morgan fingerprint density at radius 1 is 1.43 bits per heavy atom. The predicted octanol–water partition coefficient (Wildman–Crippen LogP) is 0.706. The monoisotopic (exact) mass is 199 g/mol. The van der Waals surface area contributed by atoms with Crippen molar-refractivity contribution in [2.75, 3.05) is 7.11 Å². The minimum Gasteiger partial charge on any atom is -0.477 e. The van der Waals surface area contributed by atoms with Gasteiger partial charge in [-0.05, 0) is 0 Å². The maximum absolute atomic E-state index is 12.8. The Morgan fingerprint density at radius 3 is 2.50 bits per heavy atom. The van der Waals surface area contributed by atoms with Crippen LogP contribution in [0.2, 0.25) is 0 Å². The third kappa shape index (κ3) is 2.03. The molecule has 74 valence electrons. The zero-order chi connectivity index (χ0) is 10.7. The number of esters is 1. The zero-order valence-electron chi connectivity index (χ0n) is 7.15. The lowest BCUT2D eigenvalue weighted by molar-refractivity contribution is 0.0593. The molecule has 0 aliphatic carbocycles. The first-order valence-electron chi connectivity index (χ1n) is 3.54. The van der Waals surface area contributed by atoms with E-state index in [9.17, 15) is 14.0 Å². The highest BCUT2D eigenvalue weighted by molar-refractivity contribution is 5.90. The number of methoxy groups -OCH3 is 1. The molecule has 1 rings (SSSR count). The van der Waals surface area contributed by atoms with Gasteiger partial charge >= 0.3 is 11.9 Å². The predicted molar refractivity (Wildman–Crippen MR) is 42.5 cm³/mol. The molecule has 5 nitrogen and oxygen atoms in total. The molecule has 0 radical (unpaired) electrons. The van der Waals surface area contributed by atoms with Crippen LogP contribution in [0.3, 0.4) is 0 Å². The summed E-state index contributed by atoms with van der Waals surface area (Å²) in [5.74, 6) is -3.14. The Balaban J connectivity index is 3.20. The van der Waals surface area contributed by atoms with E-state index in [0.29, 0.717) is 0 Å². The molecule has 0 fully saturated rings. The fourth-order valence-corrected chi connectivity index (χ4v) is 0.816. The van der Waals surface area contributed by atoms with Crippen LogP contribution in [0.1, 0.15) is 21.0 Å². The van der Waals surface area contributed by atoms with Gasteiger partial charge in [0.1, 0.15) is 5.82 Å². The topological polar surface area (TPSA) is 76.5 Å². The maximum atomic E-state index is 12.8. The van der Waals surface area contributed by atoms with Gasteiger partial charge in [-0.3, -0.25) is 0 Å². The van der Waals surface area contributed by atoms with E-state index >= 15 is 0 Å². The second kappa shape index (κ2) is 3.82. The number of hydrogen-bond acceptors (Lipinski definition) is 4. The average molecular weight is 199 g/mol. The largest absolute Gasteiger partial charge is 0.477 e. The summed E-state index contributed by atoms with van der Waals surface area (Å²) in [6.07, 6.45) is 0. The first-order valence-corrected chi connectivity index (χ1v) is 3.54. The van der Waals surface area contributed by atoms with Gasteiger partial charge in [0.25, 0.3) is 0 Å². The Bertz CT molecular complexity index is 391. The standard InChI is InChI=1S/C8H6FNO4/c1-14-8(13)6-3-4(9)2-5(10-6)7(11)12/h2-3H,1H3,(H,11,12). The number of hydrogen-bond donors (Lipinski definition) is 1. The van der Waals surface area contributed by atoms with Crippen molar-refractivity contribution in [2.45, 2.75) is 0 Å². The lowest BCUT2D eigenvalue weighted by Crippen LogP contribution is -2.09. The van der Waals surface area contributed by atoms with E-state index in [-0.39, 0.29) is 5.69 Å². The highest BCUT2D eigenvalue weighted by atomic mass is 19.1. The van der Waals surface area contributed by atoms with Crippen molar-refractivity contribution in [3.63, 3.8) is 0 Å². The summed E-state index contributed by atoms with van der Waals surface area (Å²) in [7, 11) is 1.09. The van der Waals surface area contributed by atoms with Crippen LogP contribution in [-0.2, 0) is 4.74 Å². The van der Waals surface area contributed by atoms with Crippen molar-refractivity contribution < 1.29 is 23.8 Å². The third-order valence-electron chi connectivity index (χ3n) is 1.40. The Labute approximate surface area is 78.1 Å². The van der Waals surface area contributed by atoms with Gasteiger partial charge in [-0.25, -0.2) is 19.0 Å². The van der Waals surface area contributed by atoms with E-state index in [0.717, 1.165) is 19.2 Å². The van der Waals surface area contributed by atoms with Crippen molar-refractivity contribution in [1.29, 1.82) is 0 Å². The molecule has 1 aromatic heterocycles. The smallest absolute Gasteiger partial charge is 0.356 e. The number of aromatic nitrogens is 1. The van der Waals surface area contributed by atoms with E-state index in [1.807, 2.05) is 0 Å². The first kappa shape index (κ1) is 10.1. The van der Waals surface area contributed by atoms with Crippen LogP contribution in [0.5, 0.6) is 0 Å². The van der Waals surface area contributed by atoms with Gasteiger partial charge in [0.15, 0.2) is 11.4 Å². The third-order valence-corrected chi connectivity index (χ3v) is 1.40. The SMILES string of the molecule is COC(=O)c1cc(F)cc(C(=O)O)n1. The lowest BCUT2D eigenvalue weighted by atomic mass is 10.3. The quantitative estimate of drug-likeness (QED) is 0.709. The number of ether oxygens (including phenoxy) is 1. The van der Waals surface area contributed by atoms with E-state index in [1.165, 1.54) is 0 Å². The summed E-state index contributed by atoms with van der Waals surface area (Å²) in [6.45, 7) is 0. The second-order valence-corrected chi connectivity index (χ2v) is 2.35. The molecule has 1 N–H and O–H groups in total. The molecule has 0 saturated heterocycles. The van der Waals surface area contributed by atoms with Crippen LogP contribution in [0.4, 0.5) is 4.39 Å². The number of rotatable bonds is 2. The molecule has 0 saturated carbocycles. The molecule has 0 bridgehead atoms. The van der Waals surface area contributed by atoms with Gasteiger partial charge in [0.05, 0.1) is 7.11 Å².